The molecule has 0 atom stereocenters. The molecule has 0 spiro atoms. The smallest absolute Gasteiger partial charge is 0.0456 e. The summed E-state index contributed by atoms with van der Waals surface area (Å²) in [5.74, 6) is 0. The van der Waals surface area contributed by atoms with Crippen LogP contribution in [0, 0.1) is 6.92 Å². The summed E-state index contributed by atoms with van der Waals surface area (Å²) in [4.78, 5) is 4.00. The number of rotatable bonds is 3. The minimum absolute atomic E-state index is 0.707. The summed E-state index contributed by atoms with van der Waals surface area (Å²) in [6, 6.07) is 5.86. The second kappa shape index (κ2) is 5.35. The molecule has 1 aromatic carbocycles. The van der Waals surface area contributed by atoms with E-state index in [4.69, 9.17) is 11.5 Å². The third-order valence-corrected chi connectivity index (χ3v) is 2.51. The van der Waals surface area contributed by atoms with Crippen LogP contribution < -0.4 is 11.5 Å². The first kappa shape index (κ1) is 12.3. The van der Waals surface area contributed by atoms with Gasteiger partial charge in [0.1, 0.15) is 0 Å². The van der Waals surface area contributed by atoms with E-state index in [1.54, 1.807) is 13.3 Å². The van der Waals surface area contributed by atoms with Crippen molar-refractivity contribution >= 4 is 17.6 Å². The van der Waals surface area contributed by atoms with Gasteiger partial charge in [0.25, 0.3) is 0 Å². The van der Waals surface area contributed by atoms with Gasteiger partial charge in [0.15, 0.2) is 0 Å². The molecule has 0 fully saturated rings. The van der Waals surface area contributed by atoms with Gasteiger partial charge in [-0.05, 0) is 31.1 Å². The molecule has 1 rings (SSSR count). The Morgan fingerprint density at radius 1 is 1.44 bits per heavy atom. The highest BCUT2D eigenvalue weighted by Gasteiger charge is 2.06. The van der Waals surface area contributed by atoms with Crippen LogP contribution in [0.15, 0.2) is 28.8 Å². The van der Waals surface area contributed by atoms with E-state index in [-0.39, 0.29) is 0 Å². The molecule has 16 heavy (non-hydrogen) atoms. The molecule has 86 valence electrons. The van der Waals surface area contributed by atoms with Crippen LogP contribution in [0.3, 0.4) is 0 Å². The van der Waals surface area contributed by atoms with Crippen LogP contribution >= 0.6 is 0 Å². The lowest BCUT2D eigenvalue weighted by Gasteiger charge is -2.10. The highest BCUT2D eigenvalue weighted by molar-refractivity contribution is 5.92. The molecule has 0 radical (unpaired) electrons. The van der Waals surface area contributed by atoms with Gasteiger partial charge >= 0.3 is 0 Å². The summed E-state index contributed by atoms with van der Waals surface area (Å²) in [5, 5.41) is 0. The Balaban J connectivity index is 3.30. The summed E-state index contributed by atoms with van der Waals surface area (Å²) >= 11 is 0. The summed E-state index contributed by atoms with van der Waals surface area (Å²) < 4.78 is 0. The fourth-order valence-electron chi connectivity index (χ4n) is 1.58. The SMILES string of the molecule is CCC(C=NC)=C(N)c1cc(C)ccc1N. The monoisotopic (exact) mass is 217 g/mol. The van der Waals surface area contributed by atoms with E-state index < -0.39 is 0 Å². The van der Waals surface area contributed by atoms with E-state index in [0.717, 1.165) is 23.1 Å². The molecule has 0 unspecified atom stereocenters. The van der Waals surface area contributed by atoms with Gasteiger partial charge < -0.3 is 11.5 Å². The van der Waals surface area contributed by atoms with Crippen molar-refractivity contribution < 1.29 is 0 Å². The van der Waals surface area contributed by atoms with Crippen LogP contribution in [0.1, 0.15) is 24.5 Å². The number of nitrogen functional groups attached to an aromatic ring is 1. The molecule has 0 bridgehead atoms. The zero-order valence-corrected chi connectivity index (χ0v) is 10.1. The average molecular weight is 217 g/mol. The quantitative estimate of drug-likeness (QED) is 0.603. The van der Waals surface area contributed by atoms with Crippen molar-refractivity contribution in [3.63, 3.8) is 0 Å². The average Bonchev–Trinajstić information content (AvgIpc) is 2.28. The zero-order valence-electron chi connectivity index (χ0n) is 10.1. The lowest BCUT2D eigenvalue weighted by molar-refractivity contribution is 1.17. The molecular formula is C13H19N3. The van der Waals surface area contributed by atoms with E-state index in [9.17, 15) is 0 Å². The van der Waals surface area contributed by atoms with Crippen LogP contribution in [0.25, 0.3) is 5.70 Å². The maximum atomic E-state index is 6.11. The first-order chi connectivity index (χ1) is 7.60. The largest absolute Gasteiger partial charge is 0.398 e. The highest BCUT2D eigenvalue weighted by Crippen LogP contribution is 2.22. The van der Waals surface area contributed by atoms with Crippen molar-refractivity contribution in [3.8, 4) is 0 Å². The van der Waals surface area contributed by atoms with Crippen LogP contribution in [0.5, 0.6) is 0 Å². The van der Waals surface area contributed by atoms with Gasteiger partial charge in [0.05, 0.1) is 0 Å². The third kappa shape index (κ3) is 2.63. The van der Waals surface area contributed by atoms with E-state index in [2.05, 4.69) is 11.9 Å². The number of aryl methyl sites for hydroxylation is 1. The van der Waals surface area contributed by atoms with Crippen molar-refractivity contribution in [2.24, 2.45) is 10.7 Å². The lowest BCUT2D eigenvalue weighted by Crippen LogP contribution is -2.06. The van der Waals surface area contributed by atoms with Gasteiger partial charge in [-0.1, -0.05) is 18.6 Å². The lowest BCUT2D eigenvalue weighted by atomic mass is 10.0. The Kier molecular flexibility index (Phi) is 4.11. The maximum Gasteiger partial charge on any atom is 0.0456 e. The van der Waals surface area contributed by atoms with Gasteiger partial charge in [0, 0.05) is 30.2 Å². The molecule has 0 aliphatic rings. The second-order valence-corrected chi connectivity index (χ2v) is 3.77. The van der Waals surface area contributed by atoms with Crippen molar-refractivity contribution in [2.45, 2.75) is 20.3 Å². The minimum Gasteiger partial charge on any atom is -0.398 e. The number of anilines is 1. The van der Waals surface area contributed by atoms with Crippen LogP contribution in [-0.4, -0.2) is 13.3 Å². The van der Waals surface area contributed by atoms with Gasteiger partial charge in [0.2, 0.25) is 0 Å². The number of nitrogens with zero attached hydrogens (tertiary/aromatic N) is 1. The molecule has 0 aliphatic carbocycles. The fraction of sp³-hybridized carbons (Fsp3) is 0.308. The Morgan fingerprint density at radius 3 is 2.69 bits per heavy atom. The number of hydrogen-bond acceptors (Lipinski definition) is 3. The van der Waals surface area contributed by atoms with E-state index in [1.807, 2.05) is 25.1 Å². The zero-order chi connectivity index (χ0) is 12.1. The van der Waals surface area contributed by atoms with Gasteiger partial charge in [-0.3, -0.25) is 4.99 Å². The summed E-state index contributed by atoms with van der Waals surface area (Å²) in [6.07, 6.45) is 2.63. The predicted molar refractivity (Wildman–Crippen MR) is 71.4 cm³/mol. The van der Waals surface area contributed by atoms with Crippen LogP contribution in [-0.2, 0) is 0 Å². The topological polar surface area (TPSA) is 64.4 Å². The molecule has 0 saturated carbocycles. The van der Waals surface area contributed by atoms with Crippen LogP contribution in [0.2, 0.25) is 0 Å². The second-order valence-electron chi connectivity index (χ2n) is 3.77. The fourth-order valence-corrected chi connectivity index (χ4v) is 1.58. The number of nitrogens with two attached hydrogens (primary N) is 2. The van der Waals surface area contributed by atoms with Crippen molar-refractivity contribution in [3.05, 3.63) is 34.9 Å². The van der Waals surface area contributed by atoms with Gasteiger partial charge in [-0.15, -0.1) is 0 Å². The van der Waals surface area contributed by atoms with Gasteiger partial charge in [-0.2, -0.15) is 0 Å². The number of hydrogen-bond donors (Lipinski definition) is 2. The molecule has 1 aromatic rings. The number of aliphatic imine (C=N–C) groups is 1. The van der Waals surface area contributed by atoms with E-state index in [0.29, 0.717) is 11.4 Å². The molecule has 0 aromatic heterocycles. The highest BCUT2D eigenvalue weighted by atomic mass is 14.7. The summed E-state index contributed by atoms with van der Waals surface area (Å²) in [5.41, 5.74) is 16.5. The minimum atomic E-state index is 0.707. The van der Waals surface area contributed by atoms with Crippen molar-refractivity contribution in [1.82, 2.24) is 0 Å². The molecule has 0 aliphatic heterocycles. The summed E-state index contributed by atoms with van der Waals surface area (Å²) in [6.45, 7) is 4.08. The first-order valence-electron chi connectivity index (χ1n) is 5.37. The molecule has 0 saturated heterocycles. The molecule has 4 N–H and O–H groups in total. The van der Waals surface area contributed by atoms with E-state index >= 15 is 0 Å². The Hall–Kier alpha value is -1.77. The normalized spacial score (nSPS) is 12.9. The van der Waals surface area contributed by atoms with Crippen molar-refractivity contribution in [2.75, 3.05) is 12.8 Å². The Labute approximate surface area is 96.9 Å². The molecular weight excluding hydrogens is 198 g/mol. The molecule has 3 heteroatoms. The Bertz CT molecular complexity index is 431. The van der Waals surface area contributed by atoms with Gasteiger partial charge in [-0.25, -0.2) is 0 Å². The third-order valence-electron chi connectivity index (χ3n) is 2.51. The summed E-state index contributed by atoms with van der Waals surface area (Å²) in [7, 11) is 1.74. The number of benzene rings is 1. The van der Waals surface area contributed by atoms with E-state index in [1.165, 1.54) is 0 Å². The molecule has 0 amide bonds. The van der Waals surface area contributed by atoms with Crippen molar-refractivity contribution in [1.29, 1.82) is 0 Å². The maximum absolute atomic E-state index is 6.11. The first-order valence-corrected chi connectivity index (χ1v) is 5.37. The standard InChI is InChI=1S/C13H19N3/c1-4-10(8-16-3)13(15)11-7-9(2)5-6-12(11)14/h5-8H,4,14-15H2,1-3H3. The Morgan fingerprint density at radius 2 is 2.12 bits per heavy atom. The molecule has 3 nitrogen and oxygen atoms in total. The van der Waals surface area contributed by atoms with Crippen LogP contribution in [0.4, 0.5) is 5.69 Å². The molecule has 0 heterocycles. The number of allylic oxidation sites excluding steroid dienone is 1. The predicted octanol–water partition coefficient (Wildman–Crippen LogP) is 2.36.